The summed E-state index contributed by atoms with van der Waals surface area (Å²) in [6, 6.07) is 0.0428. The maximum absolute atomic E-state index is 6.18. The van der Waals surface area contributed by atoms with Crippen LogP contribution in [0.1, 0.15) is 36.5 Å². The molecule has 0 saturated heterocycles. The smallest absolute Gasteiger partial charge is 0.100 e. The van der Waals surface area contributed by atoms with Crippen LogP contribution >= 0.6 is 22.9 Å². The number of hydrogen-bond acceptors (Lipinski definition) is 5. The van der Waals surface area contributed by atoms with Crippen LogP contribution in [-0.4, -0.2) is 14.8 Å². The van der Waals surface area contributed by atoms with Crippen molar-refractivity contribution in [2.75, 3.05) is 0 Å². The SMILES string of the molecule is CC(C)n1ncc(Cl)c1C(NN)c1cncs1. The van der Waals surface area contributed by atoms with Crippen LogP contribution in [0.5, 0.6) is 0 Å². The van der Waals surface area contributed by atoms with Gasteiger partial charge in [0.25, 0.3) is 0 Å². The van der Waals surface area contributed by atoms with Crippen molar-refractivity contribution >= 4 is 22.9 Å². The van der Waals surface area contributed by atoms with E-state index in [0.717, 1.165) is 10.6 Å². The summed E-state index contributed by atoms with van der Waals surface area (Å²) in [6.45, 7) is 4.10. The first kappa shape index (κ1) is 12.5. The topological polar surface area (TPSA) is 68.8 Å². The Hall–Kier alpha value is -0.950. The zero-order chi connectivity index (χ0) is 12.4. The standard InChI is InChI=1S/C10H14ClN5S/c1-6(2)16-10(7(11)3-14-16)9(15-12)8-4-13-5-17-8/h3-6,9,15H,12H2,1-2H3. The van der Waals surface area contributed by atoms with Crippen LogP contribution < -0.4 is 11.3 Å². The van der Waals surface area contributed by atoms with Crippen LogP contribution in [0.15, 0.2) is 17.9 Å². The van der Waals surface area contributed by atoms with Crippen molar-refractivity contribution in [2.45, 2.75) is 25.9 Å². The minimum absolute atomic E-state index is 0.181. The van der Waals surface area contributed by atoms with Crippen molar-refractivity contribution in [1.82, 2.24) is 20.2 Å². The van der Waals surface area contributed by atoms with Crippen molar-refractivity contribution in [2.24, 2.45) is 5.84 Å². The predicted octanol–water partition coefficient (Wildman–Crippen LogP) is 2.13. The predicted molar refractivity (Wildman–Crippen MR) is 68.9 cm³/mol. The van der Waals surface area contributed by atoms with Crippen molar-refractivity contribution in [1.29, 1.82) is 0 Å². The van der Waals surface area contributed by atoms with Crippen LogP contribution in [-0.2, 0) is 0 Å². The highest BCUT2D eigenvalue weighted by Crippen LogP contribution is 2.31. The van der Waals surface area contributed by atoms with Gasteiger partial charge in [0.15, 0.2) is 0 Å². The van der Waals surface area contributed by atoms with E-state index in [1.807, 2.05) is 18.5 Å². The molecular formula is C10H14ClN5S. The molecule has 0 radical (unpaired) electrons. The second-order valence-corrected chi connectivity index (χ2v) is 5.24. The molecule has 0 amide bonds. The van der Waals surface area contributed by atoms with Gasteiger partial charge in [-0.25, -0.2) is 5.43 Å². The molecular weight excluding hydrogens is 258 g/mol. The second-order valence-electron chi connectivity index (χ2n) is 3.92. The molecule has 0 fully saturated rings. The van der Waals surface area contributed by atoms with Crippen LogP contribution in [0.4, 0.5) is 0 Å². The van der Waals surface area contributed by atoms with Gasteiger partial charge in [0.05, 0.1) is 22.4 Å². The Kier molecular flexibility index (Phi) is 3.78. The number of hydrazine groups is 1. The number of thiazole rings is 1. The number of nitrogens with zero attached hydrogens (tertiary/aromatic N) is 3. The Morgan fingerprint density at radius 1 is 1.47 bits per heavy atom. The molecule has 7 heteroatoms. The van der Waals surface area contributed by atoms with Gasteiger partial charge in [-0.2, -0.15) is 5.10 Å². The van der Waals surface area contributed by atoms with E-state index < -0.39 is 0 Å². The molecule has 0 aromatic carbocycles. The summed E-state index contributed by atoms with van der Waals surface area (Å²) in [5.74, 6) is 5.62. The van der Waals surface area contributed by atoms with E-state index in [1.54, 1.807) is 17.9 Å². The maximum atomic E-state index is 6.18. The molecule has 0 aliphatic heterocycles. The Morgan fingerprint density at radius 2 is 2.24 bits per heavy atom. The second kappa shape index (κ2) is 5.14. The summed E-state index contributed by atoms with van der Waals surface area (Å²) >= 11 is 7.71. The normalized spacial score (nSPS) is 13.2. The lowest BCUT2D eigenvalue weighted by atomic mass is 10.2. The number of halogens is 1. The number of nitrogens with one attached hydrogen (secondary N) is 1. The van der Waals surface area contributed by atoms with Crippen molar-refractivity contribution in [3.05, 3.63) is 33.5 Å². The quantitative estimate of drug-likeness (QED) is 0.660. The summed E-state index contributed by atoms with van der Waals surface area (Å²) in [4.78, 5) is 5.07. The van der Waals surface area contributed by atoms with Crippen LogP contribution in [0.2, 0.25) is 5.02 Å². The minimum atomic E-state index is -0.181. The molecule has 2 aromatic heterocycles. The van der Waals surface area contributed by atoms with E-state index in [0.29, 0.717) is 5.02 Å². The van der Waals surface area contributed by atoms with Crippen molar-refractivity contribution < 1.29 is 0 Å². The fourth-order valence-electron chi connectivity index (χ4n) is 1.70. The fourth-order valence-corrected chi connectivity index (χ4v) is 2.62. The zero-order valence-corrected chi connectivity index (χ0v) is 11.2. The van der Waals surface area contributed by atoms with Gasteiger partial charge >= 0.3 is 0 Å². The van der Waals surface area contributed by atoms with Gasteiger partial charge in [-0.1, -0.05) is 11.6 Å². The van der Waals surface area contributed by atoms with E-state index in [9.17, 15) is 0 Å². The Bertz CT molecular complexity index is 479. The summed E-state index contributed by atoms with van der Waals surface area (Å²) in [5.41, 5.74) is 5.40. The van der Waals surface area contributed by atoms with Crippen LogP contribution in [0, 0.1) is 0 Å². The summed E-state index contributed by atoms with van der Waals surface area (Å²) < 4.78 is 1.87. The van der Waals surface area contributed by atoms with Crippen molar-refractivity contribution in [3.8, 4) is 0 Å². The molecule has 2 aromatic rings. The van der Waals surface area contributed by atoms with E-state index in [4.69, 9.17) is 17.4 Å². The summed E-state index contributed by atoms with van der Waals surface area (Å²) in [6.07, 6.45) is 3.42. The molecule has 1 unspecified atom stereocenters. The zero-order valence-electron chi connectivity index (χ0n) is 9.59. The lowest BCUT2D eigenvalue weighted by Gasteiger charge is -2.18. The van der Waals surface area contributed by atoms with Crippen molar-refractivity contribution in [3.63, 3.8) is 0 Å². The number of aromatic nitrogens is 3. The van der Waals surface area contributed by atoms with E-state index in [-0.39, 0.29) is 12.1 Å². The molecule has 0 aliphatic rings. The molecule has 0 aliphatic carbocycles. The molecule has 17 heavy (non-hydrogen) atoms. The lowest BCUT2D eigenvalue weighted by molar-refractivity contribution is 0.478. The van der Waals surface area contributed by atoms with Crippen LogP contribution in [0.25, 0.3) is 0 Å². The third kappa shape index (κ3) is 2.35. The van der Waals surface area contributed by atoms with Gasteiger partial charge in [0.2, 0.25) is 0 Å². The monoisotopic (exact) mass is 271 g/mol. The highest BCUT2D eigenvalue weighted by Gasteiger charge is 2.23. The maximum Gasteiger partial charge on any atom is 0.100 e. The molecule has 5 nitrogen and oxygen atoms in total. The molecule has 92 valence electrons. The molecule has 1 atom stereocenters. The first-order valence-corrected chi connectivity index (χ1v) is 6.48. The molecule has 2 heterocycles. The largest absolute Gasteiger partial charge is 0.270 e. The van der Waals surface area contributed by atoms with E-state index in [1.165, 1.54) is 11.3 Å². The average Bonchev–Trinajstić information content (AvgIpc) is 2.91. The fraction of sp³-hybridized carbons (Fsp3) is 0.400. The molecule has 3 N–H and O–H groups in total. The summed E-state index contributed by atoms with van der Waals surface area (Å²) in [5, 5.41) is 4.87. The van der Waals surface area contributed by atoms with Gasteiger partial charge < -0.3 is 0 Å². The average molecular weight is 272 g/mol. The molecule has 0 spiro atoms. The van der Waals surface area contributed by atoms with Gasteiger partial charge in [0, 0.05) is 17.1 Å². The highest BCUT2D eigenvalue weighted by molar-refractivity contribution is 7.09. The Labute approximate surface area is 109 Å². The van der Waals surface area contributed by atoms with E-state index in [2.05, 4.69) is 15.5 Å². The Balaban J connectivity index is 2.47. The van der Waals surface area contributed by atoms with Crippen LogP contribution in [0.3, 0.4) is 0 Å². The third-order valence-electron chi connectivity index (χ3n) is 2.45. The minimum Gasteiger partial charge on any atom is -0.270 e. The van der Waals surface area contributed by atoms with Gasteiger partial charge in [-0.05, 0) is 13.8 Å². The van der Waals surface area contributed by atoms with Gasteiger partial charge in [0.1, 0.15) is 6.04 Å². The third-order valence-corrected chi connectivity index (χ3v) is 3.58. The molecule has 2 rings (SSSR count). The summed E-state index contributed by atoms with van der Waals surface area (Å²) in [7, 11) is 0. The lowest BCUT2D eigenvalue weighted by Crippen LogP contribution is -2.30. The first-order chi connectivity index (χ1) is 8.15. The molecule has 0 saturated carbocycles. The highest BCUT2D eigenvalue weighted by atomic mass is 35.5. The first-order valence-electron chi connectivity index (χ1n) is 5.22. The van der Waals surface area contributed by atoms with Gasteiger partial charge in [-0.3, -0.25) is 15.5 Å². The van der Waals surface area contributed by atoms with Gasteiger partial charge in [-0.15, -0.1) is 11.3 Å². The number of nitrogens with two attached hydrogens (primary N) is 1. The number of rotatable bonds is 4. The Morgan fingerprint density at radius 3 is 2.76 bits per heavy atom. The van der Waals surface area contributed by atoms with E-state index >= 15 is 0 Å². The number of hydrogen-bond donors (Lipinski definition) is 2. The molecule has 0 bridgehead atoms.